The molecule has 168 valence electrons. The lowest BCUT2D eigenvalue weighted by Gasteiger charge is -2.21. The predicted octanol–water partition coefficient (Wildman–Crippen LogP) is 4.96. The zero-order valence-electron chi connectivity index (χ0n) is 18.0. The predicted molar refractivity (Wildman–Crippen MR) is 123 cm³/mol. The van der Waals surface area contributed by atoms with E-state index < -0.39 is 5.91 Å². The summed E-state index contributed by atoms with van der Waals surface area (Å²) in [6.07, 6.45) is 0. The van der Waals surface area contributed by atoms with Gasteiger partial charge in [-0.3, -0.25) is 9.59 Å². The molecule has 0 bridgehead atoms. The zero-order chi connectivity index (χ0) is 23.2. The molecule has 0 radical (unpaired) electrons. The van der Waals surface area contributed by atoms with E-state index in [9.17, 15) is 14.0 Å². The molecule has 0 aliphatic carbocycles. The number of nitrogens with one attached hydrogen (secondary N) is 1. The number of rotatable bonds is 8. The standard InChI is InChI=1S/C25H22FN3O3S/c1-17-4-6-19(7-5-17)15-29(25(31)23-3-2-12-33-23)16-21-13-22(28-32-21)24(30)27-14-18-8-10-20(26)11-9-18/h2-13H,14-16H2,1H3,(H,27,30). The molecule has 0 aliphatic rings. The van der Waals surface area contributed by atoms with Crippen molar-refractivity contribution in [3.63, 3.8) is 0 Å². The van der Waals surface area contributed by atoms with E-state index in [1.54, 1.807) is 23.1 Å². The fraction of sp³-hybridized carbons (Fsp3) is 0.160. The number of hydrogen-bond donors (Lipinski definition) is 1. The highest BCUT2D eigenvalue weighted by atomic mass is 32.1. The Morgan fingerprint density at radius 3 is 2.45 bits per heavy atom. The number of carbonyl (C=O) groups is 2. The van der Waals surface area contributed by atoms with Crippen LogP contribution in [-0.4, -0.2) is 21.9 Å². The van der Waals surface area contributed by atoms with E-state index in [0.29, 0.717) is 17.2 Å². The highest BCUT2D eigenvalue weighted by molar-refractivity contribution is 7.12. The Bertz CT molecular complexity index is 1220. The second-order valence-corrected chi connectivity index (χ2v) is 8.56. The molecule has 0 fully saturated rings. The number of hydrogen-bond acceptors (Lipinski definition) is 5. The lowest BCUT2D eigenvalue weighted by Crippen LogP contribution is -2.29. The summed E-state index contributed by atoms with van der Waals surface area (Å²) >= 11 is 1.37. The van der Waals surface area contributed by atoms with Crippen LogP contribution in [0.4, 0.5) is 4.39 Å². The number of amides is 2. The smallest absolute Gasteiger partial charge is 0.273 e. The van der Waals surface area contributed by atoms with Crippen molar-refractivity contribution in [2.45, 2.75) is 26.6 Å². The summed E-state index contributed by atoms with van der Waals surface area (Å²) in [5.74, 6) is -0.467. The third-order valence-corrected chi connectivity index (χ3v) is 5.88. The maximum absolute atomic E-state index is 13.1. The quantitative estimate of drug-likeness (QED) is 0.401. The van der Waals surface area contributed by atoms with Crippen LogP contribution in [0, 0.1) is 12.7 Å². The molecule has 2 heterocycles. The zero-order valence-corrected chi connectivity index (χ0v) is 18.8. The van der Waals surface area contributed by atoms with Crippen molar-refractivity contribution in [3.05, 3.63) is 111 Å². The average molecular weight is 464 g/mol. The highest BCUT2D eigenvalue weighted by Crippen LogP contribution is 2.18. The molecular weight excluding hydrogens is 441 g/mol. The fourth-order valence-corrected chi connectivity index (χ4v) is 3.92. The van der Waals surface area contributed by atoms with E-state index in [4.69, 9.17) is 4.52 Å². The van der Waals surface area contributed by atoms with Crippen LogP contribution >= 0.6 is 11.3 Å². The van der Waals surface area contributed by atoms with Gasteiger partial charge in [0.05, 0.1) is 11.4 Å². The first-order valence-corrected chi connectivity index (χ1v) is 11.2. The van der Waals surface area contributed by atoms with Crippen LogP contribution in [0.3, 0.4) is 0 Å². The van der Waals surface area contributed by atoms with Crippen LogP contribution in [0.1, 0.15) is 42.6 Å². The molecule has 0 saturated carbocycles. The Hall–Kier alpha value is -3.78. The van der Waals surface area contributed by atoms with Crippen molar-refractivity contribution in [1.29, 1.82) is 0 Å². The highest BCUT2D eigenvalue weighted by Gasteiger charge is 2.21. The lowest BCUT2D eigenvalue weighted by atomic mass is 10.1. The van der Waals surface area contributed by atoms with E-state index in [1.165, 1.54) is 29.5 Å². The summed E-state index contributed by atoms with van der Waals surface area (Å²) in [6, 6.07) is 19.0. The number of nitrogens with zero attached hydrogens (tertiary/aromatic N) is 2. The molecule has 2 aromatic heterocycles. The summed E-state index contributed by atoms with van der Waals surface area (Å²) in [6.45, 7) is 2.81. The second kappa shape index (κ2) is 10.2. The van der Waals surface area contributed by atoms with Gasteiger partial charge in [-0.25, -0.2) is 4.39 Å². The summed E-state index contributed by atoms with van der Waals surface area (Å²) < 4.78 is 18.4. The topological polar surface area (TPSA) is 75.4 Å². The molecule has 2 aromatic carbocycles. The molecule has 0 aliphatic heterocycles. The maximum atomic E-state index is 13.1. The van der Waals surface area contributed by atoms with Gasteiger partial charge in [0.1, 0.15) is 5.82 Å². The minimum absolute atomic E-state index is 0.117. The van der Waals surface area contributed by atoms with Gasteiger partial charge >= 0.3 is 0 Å². The minimum Gasteiger partial charge on any atom is -0.359 e. The SMILES string of the molecule is Cc1ccc(CN(Cc2cc(C(=O)NCc3ccc(F)cc3)no2)C(=O)c2cccs2)cc1. The van der Waals surface area contributed by atoms with Gasteiger partial charge in [0.25, 0.3) is 11.8 Å². The van der Waals surface area contributed by atoms with Crippen LogP contribution in [0.5, 0.6) is 0 Å². The molecule has 2 amide bonds. The van der Waals surface area contributed by atoms with Gasteiger partial charge in [-0.1, -0.05) is 53.2 Å². The van der Waals surface area contributed by atoms with Crippen LogP contribution in [0.15, 0.2) is 76.6 Å². The third-order valence-electron chi connectivity index (χ3n) is 5.02. The van der Waals surface area contributed by atoms with E-state index in [1.807, 2.05) is 42.6 Å². The first kappa shape index (κ1) is 22.4. The summed E-state index contributed by atoms with van der Waals surface area (Å²) in [5.41, 5.74) is 3.01. The molecule has 0 atom stereocenters. The molecular formula is C25H22FN3O3S. The molecule has 6 nitrogen and oxygen atoms in total. The Morgan fingerprint density at radius 2 is 1.76 bits per heavy atom. The maximum Gasteiger partial charge on any atom is 0.273 e. The second-order valence-electron chi connectivity index (χ2n) is 7.61. The molecule has 0 spiro atoms. The lowest BCUT2D eigenvalue weighted by molar-refractivity contribution is 0.0718. The minimum atomic E-state index is -0.413. The Labute approximate surface area is 194 Å². The Balaban J connectivity index is 1.44. The molecule has 1 N–H and O–H groups in total. The van der Waals surface area contributed by atoms with Crippen molar-refractivity contribution in [2.75, 3.05) is 0 Å². The van der Waals surface area contributed by atoms with E-state index in [0.717, 1.165) is 16.7 Å². The first-order valence-electron chi connectivity index (χ1n) is 10.3. The van der Waals surface area contributed by atoms with Gasteiger partial charge in [0.2, 0.25) is 0 Å². The van der Waals surface area contributed by atoms with Gasteiger partial charge in [0.15, 0.2) is 11.5 Å². The monoisotopic (exact) mass is 463 g/mol. The number of aromatic nitrogens is 1. The first-order chi connectivity index (χ1) is 16.0. The number of carbonyl (C=O) groups excluding carboxylic acids is 2. The largest absolute Gasteiger partial charge is 0.359 e. The van der Waals surface area contributed by atoms with Crippen LogP contribution in [-0.2, 0) is 19.6 Å². The van der Waals surface area contributed by atoms with Crippen LogP contribution in [0.25, 0.3) is 0 Å². The van der Waals surface area contributed by atoms with Gasteiger partial charge < -0.3 is 14.7 Å². The average Bonchev–Trinajstić information content (AvgIpc) is 3.52. The number of halogens is 1. The van der Waals surface area contributed by atoms with Crippen molar-refractivity contribution in [2.24, 2.45) is 0 Å². The molecule has 0 unspecified atom stereocenters. The summed E-state index contributed by atoms with van der Waals surface area (Å²) in [5, 5.41) is 8.44. The van der Waals surface area contributed by atoms with Crippen molar-refractivity contribution in [3.8, 4) is 0 Å². The number of benzene rings is 2. The van der Waals surface area contributed by atoms with Crippen LogP contribution in [0.2, 0.25) is 0 Å². The van der Waals surface area contributed by atoms with Gasteiger partial charge in [-0.05, 0) is 41.6 Å². The fourth-order valence-electron chi connectivity index (χ4n) is 3.23. The Kier molecular flexibility index (Phi) is 6.95. The van der Waals surface area contributed by atoms with E-state index >= 15 is 0 Å². The molecule has 4 aromatic rings. The van der Waals surface area contributed by atoms with E-state index in [2.05, 4.69) is 10.5 Å². The summed E-state index contributed by atoms with van der Waals surface area (Å²) in [7, 11) is 0. The Morgan fingerprint density at radius 1 is 1.03 bits per heavy atom. The van der Waals surface area contributed by atoms with Gasteiger partial charge in [-0.2, -0.15) is 0 Å². The molecule has 0 saturated heterocycles. The van der Waals surface area contributed by atoms with Gasteiger partial charge in [-0.15, -0.1) is 11.3 Å². The summed E-state index contributed by atoms with van der Waals surface area (Å²) in [4.78, 5) is 27.8. The third kappa shape index (κ3) is 5.93. The molecule has 8 heteroatoms. The number of aryl methyl sites for hydroxylation is 1. The van der Waals surface area contributed by atoms with E-state index in [-0.39, 0.29) is 30.5 Å². The molecule has 33 heavy (non-hydrogen) atoms. The van der Waals surface area contributed by atoms with Crippen molar-refractivity contribution >= 4 is 23.2 Å². The molecule has 4 rings (SSSR count). The van der Waals surface area contributed by atoms with Crippen molar-refractivity contribution in [1.82, 2.24) is 15.4 Å². The van der Waals surface area contributed by atoms with Gasteiger partial charge in [0, 0.05) is 19.2 Å². The van der Waals surface area contributed by atoms with Crippen molar-refractivity contribution < 1.29 is 18.5 Å². The number of thiophene rings is 1. The van der Waals surface area contributed by atoms with Crippen LogP contribution < -0.4 is 5.32 Å². The normalized spacial score (nSPS) is 10.7.